The molecule has 0 aliphatic carbocycles. The van der Waals surface area contributed by atoms with Crippen molar-refractivity contribution in [2.45, 2.75) is 32.6 Å². The molecule has 2 heterocycles. The lowest BCUT2D eigenvalue weighted by molar-refractivity contribution is -0.122. The van der Waals surface area contributed by atoms with Gasteiger partial charge in [-0.3, -0.25) is 9.69 Å². The van der Waals surface area contributed by atoms with Crippen LogP contribution >= 0.6 is 39.9 Å². The van der Waals surface area contributed by atoms with Crippen LogP contribution in [0.1, 0.15) is 38.2 Å². The van der Waals surface area contributed by atoms with Crippen LogP contribution < -0.4 is 0 Å². The molecule has 0 spiro atoms. The molecule has 4 rings (SSSR count). The van der Waals surface area contributed by atoms with Crippen LogP contribution in [0.3, 0.4) is 0 Å². The Balaban J connectivity index is 1.67. The molecule has 0 unspecified atom stereocenters. The lowest BCUT2D eigenvalue weighted by Crippen LogP contribution is -2.29. The fourth-order valence-corrected chi connectivity index (χ4v) is 5.13. The minimum Gasteiger partial charge on any atom is -0.293 e. The van der Waals surface area contributed by atoms with Crippen LogP contribution in [-0.4, -0.2) is 31.5 Å². The molecule has 1 aliphatic rings. The van der Waals surface area contributed by atoms with E-state index >= 15 is 0 Å². The molecule has 1 saturated heterocycles. The molecule has 3 aromatic rings. The summed E-state index contributed by atoms with van der Waals surface area (Å²) in [6, 6.07) is 18.0. The Labute approximate surface area is 206 Å². The third kappa shape index (κ3) is 5.22. The summed E-state index contributed by atoms with van der Waals surface area (Å²) >= 11 is 10.4. The van der Waals surface area contributed by atoms with Gasteiger partial charge in [-0.15, -0.1) is 0 Å². The average Bonchev–Trinajstić information content (AvgIpc) is 3.34. The summed E-state index contributed by atoms with van der Waals surface area (Å²) < 4.78 is 3.50. The second-order valence-corrected chi connectivity index (χ2v) is 10.2. The molecule has 32 heavy (non-hydrogen) atoms. The van der Waals surface area contributed by atoms with Crippen molar-refractivity contribution in [2.24, 2.45) is 0 Å². The van der Waals surface area contributed by atoms with Crippen molar-refractivity contribution in [1.29, 1.82) is 0 Å². The zero-order chi connectivity index (χ0) is 22.5. The molecular weight excluding hydrogens is 502 g/mol. The van der Waals surface area contributed by atoms with Gasteiger partial charge in [-0.25, -0.2) is 4.68 Å². The first kappa shape index (κ1) is 23.0. The Morgan fingerprint density at radius 3 is 2.53 bits per heavy atom. The van der Waals surface area contributed by atoms with E-state index in [4.69, 9.17) is 17.3 Å². The van der Waals surface area contributed by atoms with E-state index in [0.29, 0.717) is 15.8 Å². The number of hydrogen-bond donors (Lipinski definition) is 0. The van der Waals surface area contributed by atoms with Gasteiger partial charge in [-0.2, -0.15) is 5.10 Å². The zero-order valence-corrected chi connectivity index (χ0v) is 21.0. The van der Waals surface area contributed by atoms with E-state index in [0.717, 1.165) is 39.8 Å². The van der Waals surface area contributed by atoms with Gasteiger partial charge in [0, 0.05) is 28.3 Å². The number of rotatable bonds is 8. The van der Waals surface area contributed by atoms with E-state index in [2.05, 4.69) is 22.9 Å². The number of halogens is 1. The molecule has 7 heteroatoms. The van der Waals surface area contributed by atoms with Crippen LogP contribution in [0.15, 0.2) is 70.2 Å². The number of nitrogens with zero attached hydrogens (tertiary/aromatic N) is 3. The maximum absolute atomic E-state index is 13.1. The minimum atomic E-state index is -0.00860. The van der Waals surface area contributed by atoms with E-state index in [9.17, 15) is 4.79 Å². The number of carbonyl (C=O) groups is 1. The second-order valence-electron chi connectivity index (χ2n) is 7.61. The number of aromatic nitrogens is 2. The van der Waals surface area contributed by atoms with Crippen molar-refractivity contribution in [3.63, 3.8) is 0 Å². The van der Waals surface area contributed by atoms with Crippen molar-refractivity contribution in [2.75, 3.05) is 6.54 Å². The van der Waals surface area contributed by atoms with Crippen LogP contribution in [0.2, 0.25) is 0 Å². The zero-order valence-electron chi connectivity index (χ0n) is 17.8. The normalized spacial score (nSPS) is 15.2. The maximum Gasteiger partial charge on any atom is 0.266 e. The molecule has 164 valence electrons. The van der Waals surface area contributed by atoms with Gasteiger partial charge in [0.15, 0.2) is 0 Å². The van der Waals surface area contributed by atoms with E-state index in [1.54, 1.807) is 4.90 Å². The van der Waals surface area contributed by atoms with E-state index in [1.165, 1.54) is 24.6 Å². The van der Waals surface area contributed by atoms with Gasteiger partial charge in [0.1, 0.15) is 4.32 Å². The summed E-state index contributed by atoms with van der Waals surface area (Å²) in [5.74, 6) is -0.00860. The number of carbonyl (C=O) groups excluding carboxylic acids is 1. The van der Waals surface area contributed by atoms with Crippen molar-refractivity contribution in [3.05, 3.63) is 75.7 Å². The number of benzene rings is 2. The fourth-order valence-electron chi connectivity index (χ4n) is 3.57. The van der Waals surface area contributed by atoms with Crippen molar-refractivity contribution in [3.8, 4) is 16.9 Å². The summed E-state index contributed by atoms with van der Waals surface area (Å²) in [5, 5.41) is 4.85. The highest BCUT2D eigenvalue weighted by Crippen LogP contribution is 2.35. The summed E-state index contributed by atoms with van der Waals surface area (Å²) in [6.45, 7) is 2.87. The van der Waals surface area contributed by atoms with Crippen LogP contribution in [0.5, 0.6) is 0 Å². The highest BCUT2D eigenvalue weighted by molar-refractivity contribution is 9.10. The quantitative estimate of drug-likeness (QED) is 0.179. The molecule has 1 aliphatic heterocycles. The average molecular weight is 527 g/mol. The van der Waals surface area contributed by atoms with Crippen LogP contribution in [-0.2, 0) is 4.79 Å². The first-order valence-electron chi connectivity index (χ1n) is 10.7. The Bertz CT molecular complexity index is 1140. The Hall–Kier alpha value is -2.22. The number of para-hydroxylation sites is 1. The van der Waals surface area contributed by atoms with Crippen molar-refractivity contribution >= 4 is 56.2 Å². The molecule has 1 amide bonds. The third-order valence-corrected chi connectivity index (χ3v) is 7.18. The topological polar surface area (TPSA) is 38.1 Å². The van der Waals surface area contributed by atoms with Gasteiger partial charge >= 0.3 is 0 Å². The van der Waals surface area contributed by atoms with Gasteiger partial charge in [-0.1, -0.05) is 96.4 Å². The van der Waals surface area contributed by atoms with Gasteiger partial charge in [-0.05, 0) is 36.8 Å². The summed E-state index contributed by atoms with van der Waals surface area (Å²) in [7, 11) is 0. The number of thiocarbonyl (C=S) groups is 1. The summed E-state index contributed by atoms with van der Waals surface area (Å²) in [6.07, 6.45) is 8.34. The van der Waals surface area contributed by atoms with Crippen molar-refractivity contribution in [1.82, 2.24) is 14.7 Å². The smallest absolute Gasteiger partial charge is 0.266 e. The Morgan fingerprint density at radius 2 is 1.81 bits per heavy atom. The second kappa shape index (κ2) is 10.6. The molecule has 0 atom stereocenters. The number of hydrogen-bond acceptors (Lipinski definition) is 4. The van der Waals surface area contributed by atoms with Gasteiger partial charge in [0.25, 0.3) is 5.91 Å². The fraction of sp³-hybridized carbons (Fsp3) is 0.240. The van der Waals surface area contributed by atoms with Gasteiger partial charge in [0.2, 0.25) is 0 Å². The summed E-state index contributed by atoms with van der Waals surface area (Å²) in [4.78, 5) is 15.5. The maximum atomic E-state index is 13.1. The highest BCUT2D eigenvalue weighted by atomic mass is 79.9. The number of unbranched alkanes of at least 4 members (excludes halogenated alkanes) is 3. The van der Waals surface area contributed by atoms with Crippen molar-refractivity contribution < 1.29 is 4.79 Å². The van der Waals surface area contributed by atoms with E-state index in [-0.39, 0.29) is 5.91 Å². The third-order valence-electron chi connectivity index (χ3n) is 5.28. The van der Waals surface area contributed by atoms with Gasteiger partial charge in [0.05, 0.1) is 16.3 Å². The largest absolute Gasteiger partial charge is 0.293 e. The first-order chi connectivity index (χ1) is 15.6. The number of amides is 1. The van der Waals surface area contributed by atoms with Crippen LogP contribution in [0.25, 0.3) is 23.0 Å². The Morgan fingerprint density at radius 1 is 1.06 bits per heavy atom. The standard InChI is InChI=1S/C25H24BrN3OS2/c1-2-3-4-8-15-28-24(30)22(32-25(28)31)16-19-17-29(21-9-6-5-7-10-21)27-23(19)18-11-13-20(26)14-12-18/h5-7,9-14,16-17H,2-4,8,15H2,1H3. The predicted molar refractivity (Wildman–Crippen MR) is 141 cm³/mol. The molecule has 2 aromatic carbocycles. The van der Waals surface area contributed by atoms with Gasteiger partial charge < -0.3 is 0 Å². The van der Waals surface area contributed by atoms with Crippen LogP contribution in [0.4, 0.5) is 0 Å². The molecule has 0 N–H and O–H groups in total. The molecule has 0 saturated carbocycles. The Kier molecular flexibility index (Phi) is 7.60. The molecular formula is C25H24BrN3OS2. The predicted octanol–water partition coefficient (Wildman–Crippen LogP) is 7.08. The molecule has 0 radical (unpaired) electrons. The first-order valence-corrected chi connectivity index (χ1v) is 12.7. The lowest BCUT2D eigenvalue weighted by Gasteiger charge is -2.13. The molecule has 1 fully saturated rings. The molecule has 1 aromatic heterocycles. The summed E-state index contributed by atoms with van der Waals surface area (Å²) in [5.41, 5.74) is 3.68. The molecule has 0 bridgehead atoms. The lowest BCUT2D eigenvalue weighted by atomic mass is 10.1. The molecule has 4 nitrogen and oxygen atoms in total. The van der Waals surface area contributed by atoms with E-state index < -0.39 is 0 Å². The SMILES string of the molecule is CCCCCCN1C(=O)C(=Cc2cn(-c3ccccc3)nc2-c2ccc(Br)cc2)SC1=S. The minimum absolute atomic E-state index is 0.00860. The highest BCUT2D eigenvalue weighted by Gasteiger charge is 2.32. The monoisotopic (exact) mass is 525 g/mol. The van der Waals surface area contributed by atoms with Crippen LogP contribution in [0, 0.1) is 0 Å². The van der Waals surface area contributed by atoms with E-state index in [1.807, 2.05) is 71.6 Å². The number of thioether (sulfide) groups is 1.